The van der Waals surface area contributed by atoms with Crippen LogP contribution in [0.3, 0.4) is 0 Å². The molecule has 0 atom stereocenters. The van der Waals surface area contributed by atoms with Gasteiger partial charge in [-0.05, 0) is 63.1 Å². The van der Waals surface area contributed by atoms with Gasteiger partial charge in [-0.25, -0.2) is 17.9 Å². The highest BCUT2D eigenvalue weighted by molar-refractivity contribution is 7.89. The Morgan fingerprint density at radius 3 is 2.03 bits per heavy atom. The number of amides is 2. The van der Waals surface area contributed by atoms with Crippen molar-refractivity contribution in [2.45, 2.75) is 32.6 Å². The topological polar surface area (TPSA) is 78.5 Å². The van der Waals surface area contributed by atoms with Crippen LogP contribution in [0.2, 0.25) is 0 Å². The van der Waals surface area contributed by atoms with Gasteiger partial charge >= 0.3 is 6.03 Å². The Morgan fingerprint density at radius 2 is 1.44 bits per heavy atom. The van der Waals surface area contributed by atoms with Gasteiger partial charge in [0, 0.05) is 24.5 Å². The minimum Gasteiger partial charge on any atom is -0.308 e. The Morgan fingerprint density at radius 1 is 0.844 bits per heavy atom. The van der Waals surface area contributed by atoms with Gasteiger partial charge in [-0.2, -0.15) is 0 Å². The van der Waals surface area contributed by atoms with Gasteiger partial charge < -0.3 is 5.32 Å². The number of carbonyl (C=O) groups excluding carboxylic acids is 1. The summed E-state index contributed by atoms with van der Waals surface area (Å²) < 4.78 is 28.6. The third kappa shape index (κ3) is 5.75. The molecule has 0 bridgehead atoms. The number of benzene rings is 3. The predicted octanol–water partition coefficient (Wildman–Crippen LogP) is 4.94. The molecule has 0 aliphatic rings. The maximum Gasteiger partial charge on any atom is 0.326 e. The van der Waals surface area contributed by atoms with Crippen molar-refractivity contribution in [3.8, 4) is 0 Å². The minimum absolute atomic E-state index is 0.0747. The molecule has 0 unspecified atom stereocenters. The molecular weight excluding hydrogens is 422 g/mol. The molecular formula is C25H29N3O3S. The molecule has 0 radical (unpaired) electrons. The molecule has 2 N–H and O–H groups in total. The van der Waals surface area contributed by atoms with Gasteiger partial charge in [0.2, 0.25) is 10.0 Å². The number of nitrogens with zero attached hydrogens (tertiary/aromatic N) is 1. The van der Waals surface area contributed by atoms with Crippen LogP contribution >= 0.6 is 0 Å². The lowest BCUT2D eigenvalue weighted by Gasteiger charge is -2.24. The van der Waals surface area contributed by atoms with Crippen LogP contribution in [0, 0.1) is 27.7 Å². The molecule has 3 aromatic carbocycles. The van der Waals surface area contributed by atoms with Crippen LogP contribution in [-0.2, 0) is 10.0 Å². The zero-order valence-electron chi connectivity index (χ0n) is 18.8. The maximum atomic E-state index is 13.0. The summed E-state index contributed by atoms with van der Waals surface area (Å²) >= 11 is 0. The molecule has 6 nitrogen and oxygen atoms in total. The molecule has 0 heterocycles. The van der Waals surface area contributed by atoms with E-state index in [1.54, 1.807) is 13.8 Å². The van der Waals surface area contributed by atoms with Gasteiger partial charge in [0.1, 0.15) is 0 Å². The second-order valence-electron chi connectivity index (χ2n) is 7.91. The number of nitrogens with one attached hydrogen (secondary N) is 2. The summed E-state index contributed by atoms with van der Waals surface area (Å²) in [6.07, 6.45) is 0. The van der Waals surface area contributed by atoms with Gasteiger partial charge in [0.15, 0.2) is 0 Å². The van der Waals surface area contributed by atoms with E-state index in [9.17, 15) is 13.2 Å². The maximum absolute atomic E-state index is 13.0. The zero-order valence-corrected chi connectivity index (χ0v) is 19.7. The number of sulfonamides is 1. The van der Waals surface area contributed by atoms with Crippen molar-refractivity contribution in [2.24, 2.45) is 0 Å². The smallest absolute Gasteiger partial charge is 0.308 e. The Kier molecular flexibility index (Phi) is 7.33. The molecule has 0 aliphatic carbocycles. The third-order valence-electron chi connectivity index (χ3n) is 5.12. The molecule has 0 saturated carbocycles. The number of hydrogen-bond donors (Lipinski definition) is 2. The van der Waals surface area contributed by atoms with E-state index in [0.717, 1.165) is 11.1 Å². The first-order valence-corrected chi connectivity index (χ1v) is 11.9. The van der Waals surface area contributed by atoms with Crippen LogP contribution in [0.15, 0.2) is 71.6 Å². The summed E-state index contributed by atoms with van der Waals surface area (Å²) in [6, 6.07) is 20.1. The standard InChI is InChI=1S/C25H29N3O3S/c1-18-10-12-22(13-11-18)27-25(29)28(23-8-6-5-7-9-23)15-14-26-32(30,31)24-20(3)16-19(2)17-21(24)4/h5-13,16-17,26H,14-15H2,1-4H3,(H,27,29). The van der Waals surface area contributed by atoms with Crippen molar-refractivity contribution in [3.63, 3.8) is 0 Å². The molecule has 3 aromatic rings. The van der Waals surface area contributed by atoms with Crippen LogP contribution in [0.4, 0.5) is 16.2 Å². The lowest BCUT2D eigenvalue weighted by Crippen LogP contribution is -2.41. The van der Waals surface area contributed by atoms with E-state index in [2.05, 4.69) is 10.0 Å². The summed E-state index contributed by atoms with van der Waals surface area (Å²) in [6.45, 7) is 7.75. The summed E-state index contributed by atoms with van der Waals surface area (Å²) in [5.74, 6) is 0. The zero-order chi connectivity index (χ0) is 23.3. The molecule has 0 aliphatic heterocycles. The Bertz CT molecular complexity index is 1170. The van der Waals surface area contributed by atoms with Crippen molar-refractivity contribution < 1.29 is 13.2 Å². The molecule has 168 valence electrons. The number of carbonyl (C=O) groups is 1. The Labute approximate surface area is 190 Å². The van der Waals surface area contributed by atoms with Crippen molar-refractivity contribution in [1.29, 1.82) is 0 Å². The monoisotopic (exact) mass is 451 g/mol. The molecule has 2 amide bonds. The van der Waals surface area contributed by atoms with Crippen molar-refractivity contribution in [1.82, 2.24) is 4.72 Å². The van der Waals surface area contributed by atoms with Gasteiger partial charge in [-0.1, -0.05) is 53.6 Å². The van der Waals surface area contributed by atoms with Gasteiger partial charge in [0.05, 0.1) is 4.90 Å². The summed E-state index contributed by atoms with van der Waals surface area (Å²) in [5.41, 5.74) is 4.87. The van der Waals surface area contributed by atoms with E-state index in [4.69, 9.17) is 0 Å². The van der Waals surface area contributed by atoms with E-state index >= 15 is 0 Å². The van der Waals surface area contributed by atoms with Gasteiger partial charge in [-0.15, -0.1) is 0 Å². The first kappa shape index (κ1) is 23.5. The van der Waals surface area contributed by atoms with E-state index < -0.39 is 10.0 Å². The van der Waals surface area contributed by atoms with Gasteiger partial charge in [-0.3, -0.25) is 4.90 Å². The fourth-order valence-corrected chi connectivity index (χ4v) is 5.21. The highest BCUT2D eigenvalue weighted by Gasteiger charge is 2.21. The number of aryl methyl sites for hydroxylation is 4. The lowest BCUT2D eigenvalue weighted by molar-refractivity contribution is 0.257. The normalized spacial score (nSPS) is 11.2. The fraction of sp³-hybridized carbons (Fsp3) is 0.240. The highest BCUT2D eigenvalue weighted by Crippen LogP contribution is 2.22. The van der Waals surface area contributed by atoms with E-state index in [1.807, 2.05) is 80.6 Å². The van der Waals surface area contributed by atoms with E-state index in [0.29, 0.717) is 27.4 Å². The SMILES string of the molecule is Cc1ccc(NC(=O)N(CCNS(=O)(=O)c2c(C)cc(C)cc2C)c2ccccc2)cc1. The fourth-order valence-electron chi connectivity index (χ4n) is 3.74. The molecule has 0 aromatic heterocycles. The van der Waals surface area contributed by atoms with Crippen LogP contribution in [0.1, 0.15) is 22.3 Å². The second-order valence-corrected chi connectivity index (χ2v) is 9.61. The summed E-state index contributed by atoms with van der Waals surface area (Å²) in [7, 11) is -3.71. The largest absolute Gasteiger partial charge is 0.326 e. The molecule has 3 rings (SSSR count). The Hall–Kier alpha value is -3.16. The second kappa shape index (κ2) is 9.97. The average molecular weight is 452 g/mol. The number of urea groups is 1. The van der Waals surface area contributed by atoms with E-state index in [1.165, 1.54) is 4.90 Å². The van der Waals surface area contributed by atoms with Crippen LogP contribution in [0.25, 0.3) is 0 Å². The van der Waals surface area contributed by atoms with Crippen molar-refractivity contribution in [3.05, 3.63) is 89.0 Å². The number of hydrogen-bond acceptors (Lipinski definition) is 3. The van der Waals surface area contributed by atoms with Crippen LogP contribution in [-0.4, -0.2) is 27.5 Å². The number of rotatable bonds is 7. The molecule has 0 spiro atoms. The predicted molar refractivity (Wildman–Crippen MR) is 130 cm³/mol. The first-order chi connectivity index (χ1) is 15.2. The summed E-state index contributed by atoms with van der Waals surface area (Å²) in [4.78, 5) is 14.8. The third-order valence-corrected chi connectivity index (χ3v) is 6.88. The van der Waals surface area contributed by atoms with Crippen molar-refractivity contribution >= 4 is 27.4 Å². The summed E-state index contributed by atoms with van der Waals surface area (Å²) in [5, 5.41) is 2.88. The first-order valence-electron chi connectivity index (χ1n) is 10.4. The van der Waals surface area contributed by atoms with Gasteiger partial charge in [0.25, 0.3) is 0 Å². The minimum atomic E-state index is -3.71. The molecule has 7 heteroatoms. The average Bonchev–Trinajstić information content (AvgIpc) is 2.72. The quantitative estimate of drug-likeness (QED) is 0.534. The number of para-hydroxylation sites is 1. The molecule has 32 heavy (non-hydrogen) atoms. The van der Waals surface area contributed by atoms with Crippen molar-refractivity contribution in [2.75, 3.05) is 23.3 Å². The van der Waals surface area contributed by atoms with E-state index in [-0.39, 0.29) is 19.1 Å². The highest BCUT2D eigenvalue weighted by atomic mass is 32.2. The Balaban J connectivity index is 1.76. The van der Waals surface area contributed by atoms with Crippen LogP contribution in [0.5, 0.6) is 0 Å². The lowest BCUT2D eigenvalue weighted by atomic mass is 10.1. The molecule has 0 fully saturated rings. The molecule has 0 saturated heterocycles. The van der Waals surface area contributed by atoms with Crippen LogP contribution < -0.4 is 14.9 Å². The number of anilines is 2.